The molecule has 19 unspecified atom stereocenters. The van der Waals surface area contributed by atoms with Crippen LogP contribution in [-0.2, 0) is 99.8 Å². The summed E-state index contributed by atoms with van der Waals surface area (Å²) in [4.78, 5) is 59.9. The lowest BCUT2D eigenvalue weighted by Gasteiger charge is -2.49. The molecule has 10 aliphatic heterocycles. The maximum absolute atomic E-state index is 12.6. The Morgan fingerprint density at radius 2 is 0.576 bits per heavy atom. The Morgan fingerprint density at radius 1 is 0.311 bits per heavy atom. The van der Waals surface area contributed by atoms with Gasteiger partial charge in [0.1, 0.15) is 238 Å². The van der Waals surface area contributed by atoms with E-state index in [0.29, 0.717) is 0 Å². The molecule has 10 rings (SSSR count). The Balaban J connectivity index is 0.000000270. The predicted molar refractivity (Wildman–Crippen MR) is 417 cm³/mol. The van der Waals surface area contributed by atoms with E-state index in [1.54, 1.807) is 13.8 Å². The third-order valence-corrected chi connectivity index (χ3v) is 23.8. The molecule has 0 aromatic rings. The van der Waals surface area contributed by atoms with Gasteiger partial charge in [-0.3, -0.25) is 19.2 Å². The Morgan fingerprint density at radius 3 is 0.902 bits per heavy atom. The van der Waals surface area contributed by atoms with E-state index in [4.69, 9.17) is 80.9 Å². The Hall–Kier alpha value is -4.53. The van der Waals surface area contributed by atoms with Crippen LogP contribution in [0.4, 0.5) is 0 Å². The van der Waals surface area contributed by atoms with Gasteiger partial charge in [-0.25, -0.2) is 4.79 Å². The highest BCUT2D eigenvalue weighted by Crippen LogP contribution is 2.40. The Labute approximate surface area is 751 Å². The summed E-state index contributed by atoms with van der Waals surface area (Å²) in [6.45, 7) is 3.36. The van der Waals surface area contributed by atoms with Crippen LogP contribution in [0.3, 0.4) is 0 Å². The highest BCUT2D eigenvalue weighted by atomic mass is 16.8. The number of hydrogen-bond acceptors (Lipinski definition) is 52. The van der Waals surface area contributed by atoms with Gasteiger partial charge in [0, 0.05) is 34.1 Å². The lowest BCUT2D eigenvalue weighted by atomic mass is 9.88. The number of aliphatic carboxylic acids is 1. The minimum absolute atomic E-state index is 0.366. The molecule has 0 saturated carbocycles. The second-order valence-electron chi connectivity index (χ2n) is 33.4. The van der Waals surface area contributed by atoms with Crippen LogP contribution in [0.15, 0.2) is 0 Å². The summed E-state index contributed by atoms with van der Waals surface area (Å²) in [5.41, 5.74) is 0. The normalized spacial score (nSPS) is 46.9. The molecule has 0 aromatic heterocycles. The van der Waals surface area contributed by atoms with Crippen LogP contribution < -0.4 is 21.3 Å². The molecule has 4 amide bonds. The van der Waals surface area contributed by atoms with Gasteiger partial charge in [0.15, 0.2) is 31.5 Å². The molecule has 770 valence electrons. The van der Waals surface area contributed by atoms with Gasteiger partial charge < -0.3 is 260 Å². The summed E-state index contributed by atoms with van der Waals surface area (Å²) < 4.78 is 89.0. The van der Waals surface area contributed by atoms with E-state index in [-0.39, 0.29) is 6.61 Å². The minimum atomic E-state index is -2.89. The summed E-state index contributed by atoms with van der Waals surface area (Å²) in [7, 11) is 0. The van der Waals surface area contributed by atoms with Crippen molar-refractivity contribution in [1.29, 1.82) is 0 Å². The molecule has 51 atom stereocenters. The van der Waals surface area contributed by atoms with Gasteiger partial charge in [-0.15, -0.1) is 0 Å². The fraction of sp³-hybridized carbons (Fsp3) is 0.933. The summed E-state index contributed by atoms with van der Waals surface area (Å²) >= 11 is 0. The number of rotatable bonds is 29. The fourth-order valence-electron chi connectivity index (χ4n) is 16.4. The van der Waals surface area contributed by atoms with Crippen LogP contribution in [-0.4, -0.2) is 571 Å². The van der Waals surface area contributed by atoms with Gasteiger partial charge in [0.05, 0.1) is 103 Å². The van der Waals surface area contributed by atoms with Crippen molar-refractivity contribution < 1.29 is 263 Å². The predicted octanol–water partition coefficient (Wildman–Crippen LogP) is -21.9. The molecule has 0 bridgehead atoms. The smallest absolute Gasteiger partial charge is 0.364 e. The molecule has 36 N–H and O–H groups in total. The van der Waals surface area contributed by atoms with Crippen molar-refractivity contribution in [3.63, 3.8) is 0 Å². The van der Waals surface area contributed by atoms with E-state index in [0.717, 1.165) is 20.8 Å². The number of carbonyl (C=O) groups is 5. The number of carbonyl (C=O) groups excluding carboxylic acids is 4. The van der Waals surface area contributed by atoms with Gasteiger partial charge in [-0.1, -0.05) is 0 Å². The van der Waals surface area contributed by atoms with E-state index < -0.39 is 407 Å². The van der Waals surface area contributed by atoms with E-state index >= 15 is 0 Å². The highest BCUT2D eigenvalue weighted by molar-refractivity contribution is 5.77. The topological polar surface area (TPSA) is 929 Å². The first-order chi connectivity index (χ1) is 61.9. The van der Waals surface area contributed by atoms with Crippen molar-refractivity contribution in [2.45, 2.75) is 373 Å². The number of aliphatic hydroxyl groups excluding tert-OH is 31. The van der Waals surface area contributed by atoms with Crippen molar-refractivity contribution in [1.82, 2.24) is 21.3 Å². The van der Waals surface area contributed by atoms with Crippen molar-refractivity contribution in [2.75, 3.05) is 66.1 Å². The molecule has 0 aliphatic carbocycles. The molecule has 57 heteroatoms. The van der Waals surface area contributed by atoms with E-state index in [2.05, 4.69) is 21.3 Å². The van der Waals surface area contributed by atoms with Crippen molar-refractivity contribution in [3.8, 4) is 0 Å². The van der Waals surface area contributed by atoms with Crippen LogP contribution in [0.1, 0.15) is 61.8 Å². The zero-order chi connectivity index (χ0) is 99.2. The molecular weight excluding hydrogens is 1800 g/mol. The molecule has 0 aromatic carbocycles. The average Bonchev–Trinajstić information content (AvgIpc) is 0.766. The van der Waals surface area contributed by atoms with E-state index in [1.165, 1.54) is 20.8 Å². The summed E-state index contributed by atoms with van der Waals surface area (Å²) in [6, 6.07) is -5.64. The minimum Gasteiger partial charge on any atom is -0.477 e. The van der Waals surface area contributed by atoms with Gasteiger partial charge in [0.25, 0.3) is 5.79 Å². The van der Waals surface area contributed by atoms with Crippen LogP contribution in [0.5, 0.6) is 0 Å². The number of hydrogen-bond donors (Lipinski definition) is 36. The first-order valence-electron chi connectivity index (χ1n) is 42.2. The number of nitrogens with one attached hydrogen (secondary N) is 4. The Bertz CT molecular complexity index is 3490. The molecule has 10 fully saturated rings. The van der Waals surface area contributed by atoms with Gasteiger partial charge in [-0.2, -0.15) is 0 Å². The van der Waals surface area contributed by atoms with Gasteiger partial charge >= 0.3 is 5.97 Å². The van der Waals surface area contributed by atoms with Crippen LogP contribution in [0, 0.1) is 0 Å². The number of amides is 4. The van der Waals surface area contributed by atoms with Crippen LogP contribution >= 0.6 is 0 Å². The van der Waals surface area contributed by atoms with Crippen molar-refractivity contribution in [3.05, 3.63) is 0 Å². The first-order valence-corrected chi connectivity index (χ1v) is 42.2. The van der Waals surface area contributed by atoms with Crippen LogP contribution in [0.2, 0.25) is 0 Å². The van der Waals surface area contributed by atoms with Gasteiger partial charge in [-0.05, 0) is 27.7 Å². The lowest BCUT2D eigenvalue weighted by molar-refractivity contribution is -0.366. The molecule has 10 aliphatic rings. The monoisotopic (exact) mass is 1940 g/mol. The molecule has 0 spiro atoms. The summed E-state index contributed by atoms with van der Waals surface area (Å²) in [6.07, 6.45) is -69.1. The largest absolute Gasteiger partial charge is 0.477 e. The van der Waals surface area contributed by atoms with Gasteiger partial charge in [0.2, 0.25) is 23.6 Å². The number of aliphatic hydroxyl groups is 31. The van der Waals surface area contributed by atoms with Crippen molar-refractivity contribution in [2.24, 2.45) is 0 Å². The quantitative estimate of drug-likeness (QED) is 0.0331. The second-order valence-corrected chi connectivity index (χ2v) is 33.4. The fourth-order valence-corrected chi connectivity index (χ4v) is 16.4. The summed E-state index contributed by atoms with van der Waals surface area (Å²) in [5, 5.41) is 332. The average molecular weight is 1940 g/mol. The number of carboxylic acids is 1. The maximum Gasteiger partial charge on any atom is 0.364 e. The molecule has 0 radical (unpaired) electrons. The zero-order valence-corrected chi connectivity index (χ0v) is 72.5. The Kier molecular flexibility index (Phi) is 44.3. The SMILES string of the molecule is CC(=O)NC1C(O)[C@H](O)[C@H](CO)O[C@H]1OC1[C@@H](O)[C@H](O)C(CO)O[C@@H]1C.CC(=O)NC1C(O)[C@H](O[C@@H]2OC(CO)[C@H](O)[C@H](O)C2O)[C@H](CO)O[C@H]1OC1[C@@H](O)[C@H](O)C(CO)O[C@@H]1C.CC(=O)NC1C(O)[C@H](O[C@@H]2OC(CO[C@]3(C(=O)O)C[C@@H](O)[C@@H](NC(C)=O)C([C@H](O)[C@H](O)CO)O3)[C@H](O)[C@H](O)C2O)[C@H](CO)O[C@H]1OC1[C@@H](O)[C@H](O)C(CO)O[C@@H]1C.C[C@H]1OC(CO)[C@@H](O)[C@H](O)C1O. The molecule has 57 nitrogen and oxygen atoms in total. The lowest BCUT2D eigenvalue weighted by Crippen LogP contribution is -2.69. The first kappa shape index (κ1) is 114. The summed E-state index contributed by atoms with van der Waals surface area (Å²) in [5.74, 6) is -7.42. The van der Waals surface area contributed by atoms with Crippen molar-refractivity contribution >= 4 is 29.6 Å². The van der Waals surface area contributed by atoms with Crippen LogP contribution in [0.25, 0.3) is 0 Å². The second kappa shape index (κ2) is 51.1. The van der Waals surface area contributed by atoms with E-state index in [1.807, 2.05) is 0 Å². The molecular formula is C75H132N4O53. The maximum atomic E-state index is 12.6. The third-order valence-electron chi connectivity index (χ3n) is 23.8. The number of carboxylic acid groups (broad SMARTS) is 1. The number of ether oxygens (including phenoxy) is 16. The molecule has 10 heterocycles. The standard InChI is InChI=1S/C32H54N2O23.C21H37NO15.C15H27NO10.C7H14O5/c1-9-26(24(47)20(43)14(6-36)52-9)55-29-18(34-11(3)39)22(45)27(15(7-37)53-29)56-30-25(48)23(46)21(44)16(54-30)8-51-32(31(49)50)4-12(40)17(33-10(2)38)28(57-32)19(42)13(41)5-35;1-6-18(16(31)13(28)8(3-23)33-6)36-20-11(22-7(2)26)14(29)19(10(5-25)35-20)37-21-17(32)15(30)12(27)9(4-24)34-21;1-5-14(13(23)11(21)7(3-17)24-5)26-15-9(16-6(2)19)12(22)10(20)8(4-18)25-15;1-3-5(9)7(11)6(10)4(2-8)12-3/h9,12-30,35-37,40-48H,4-8H2,1-3H3,(H,33,38)(H,34,39)(H,49,50);6,8-21,23-25,27-32H,3-5H2,1-2H3,(H,22,26);5,7-15,17-18,20-23H,3-4H2,1-2H3,(H,16,19);3-11H,2H2,1H3/t9-,12-,13-,14?,15+,16?,17-,18?,19-,20-,21+,22?,23+,24+,25?,26?,27-,28?,29+,30+,32-;6-,8?,9?,10+,11?,12+,13-,14?,15+,16+,17?,18?,19-,20+,21+;5-,7?,8+,9?,10-,11-,12?,13+,14?,15+;3-,4?,5?,6-,7-/m1111/s1. The molecule has 10 saturated heterocycles. The zero-order valence-electron chi connectivity index (χ0n) is 72.5. The highest BCUT2D eigenvalue weighted by Gasteiger charge is 2.61. The molecule has 132 heavy (non-hydrogen) atoms. The van der Waals surface area contributed by atoms with E-state index in [9.17, 15) is 182 Å². The third kappa shape index (κ3) is 27.2.